The van der Waals surface area contributed by atoms with Gasteiger partial charge in [-0.2, -0.15) is 11.8 Å². The van der Waals surface area contributed by atoms with Gasteiger partial charge in [0, 0.05) is 6.20 Å². The molecule has 0 spiro atoms. The number of pyridine rings is 1. The van der Waals surface area contributed by atoms with E-state index in [-0.39, 0.29) is 11.9 Å². The van der Waals surface area contributed by atoms with E-state index in [1.807, 2.05) is 35.1 Å². The highest BCUT2D eigenvalue weighted by molar-refractivity contribution is 7.98. The fourth-order valence-electron chi connectivity index (χ4n) is 2.64. The van der Waals surface area contributed by atoms with Crippen LogP contribution in [0, 0.1) is 11.8 Å². The molecule has 1 aliphatic carbocycles. The highest BCUT2D eigenvalue weighted by Crippen LogP contribution is 2.39. The molecule has 7 nitrogen and oxygen atoms in total. The Bertz CT molecular complexity index is 732. The van der Waals surface area contributed by atoms with Gasteiger partial charge in [-0.25, -0.2) is 0 Å². The van der Waals surface area contributed by atoms with Crippen molar-refractivity contribution >= 4 is 29.3 Å². The third kappa shape index (κ3) is 3.31. The van der Waals surface area contributed by atoms with E-state index in [0.717, 1.165) is 11.4 Å². The molecule has 2 heterocycles. The molecule has 122 valence electrons. The number of hydrogen-bond acceptors (Lipinski definition) is 5. The van der Waals surface area contributed by atoms with Crippen LogP contribution in [-0.4, -0.2) is 43.6 Å². The number of nitrogens with one attached hydrogen (secondary N) is 1. The molecule has 3 rings (SSSR count). The van der Waals surface area contributed by atoms with Gasteiger partial charge in [0.1, 0.15) is 0 Å². The predicted molar refractivity (Wildman–Crippen MR) is 86.1 cm³/mol. The van der Waals surface area contributed by atoms with Crippen molar-refractivity contribution in [1.29, 1.82) is 0 Å². The van der Waals surface area contributed by atoms with Gasteiger partial charge in [-0.3, -0.25) is 14.0 Å². The molecule has 0 bridgehead atoms. The summed E-state index contributed by atoms with van der Waals surface area (Å²) >= 11 is 1.69. The Balaban J connectivity index is 1.78. The number of hydrogen-bond donors (Lipinski definition) is 2. The minimum atomic E-state index is -0.904. The van der Waals surface area contributed by atoms with Crippen LogP contribution in [0.15, 0.2) is 24.4 Å². The van der Waals surface area contributed by atoms with Gasteiger partial charge in [-0.1, -0.05) is 6.07 Å². The monoisotopic (exact) mass is 334 g/mol. The molecule has 1 saturated carbocycles. The molecule has 2 aromatic rings. The topological polar surface area (TPSA) is 96.6 Å². The molecule has 0 saturated heterocycles. The number of aliphatic carboxylic acids is 1. The van der Waals surface area contributed by atoms with Crippen LogP contribution in [0.5, 0.6) is 0 Å². The first kappa shape index (κ1) is 15.8. The molecule has 0 aromatic carbocycles. The van der Waals surface area contributed by atoms with Gasteiger partial charge in [0.05, 0.1) is 17.9 Å². The van der Waals surface area contributed by atoms with Crippen molar-refractivity contribution in [3.8, 4) is 0 Å². The van der Waals surface area contributed by atoms with Gasteiger partial charge in [-0.15, -0.1) is 10.2 Å². The van der Waals surface area contributed by atoms with E-state index in [1.165, 1.54) is 0 Å². The number of carbonyl (C=O) groups excluding carboxylic acids is 1. The fourth-order valence-corrected chi connectivity index (χ4v) is 3.11. The zero-order chi connectivity index (χ0) is 16.4. The normalized spacial score (nSPS) is 21.1. The smallest absolute Gasteiger partial charge is 0.307 e. The summed E-state index contributed by atoms with van der Waals surface area (Å²) in [6.07, 6.45) is 4.99. The minimum Gasteiger partial charge on any atom is -0.481 e. The molecule has 1 amide bonds. The van der Waals surface area contributed by atoms with Gasteiger partial charge >= 0.3 is 5.97 Å². The van der Waals surface area contributed by atoms with Crippen LogP contribution >= 0.6 is 11.8 Å². The van der Waals surface area contributed by atoms with Crippen LogP contribution in [0.3, 0.4) is 0 Å². The second-order valence-electron chi connectivity index (χ2n) is 5.62. The number of thioether (sulfide) groups is 1. The second-order valence-corrected chi connectivity index (χ2v) is 6.60. The first-order valence-electron chi connectivity index (χ1n) is 7.43. The Morgan fingerprint density at radius 1 is 1.43 bits per heavy atom. The lowest BCUT2D eigenvalue weighted by molar-refractivity contribution is -0.140. The van der Waals surface area contributed by atoms with E-state index in [4.69, 9.17) is 5.11 Å². The van der Waals surface area contributed by atoms with Crippen molar-refractivity contribution in [3.63, 3.8) is 0 Å². The zero-order valence-corrected chi connectivity index (χ0v) is 13.5. The van der Waals surface area contributed by atoms with Crippen molar-refractivity contribution in [2.75, 3.05) is 12.0 Å². The van der Waals surface area contributed by atoms with Crippen molar-refractivity contribution in [2.45, 2.75) is 18.9 Å². The summed E-state index contributed by atoms with van der Waals surface area (Å²) in [5.74, 6) is -0.556. The summed E-state index contributed by atoms with van der Waals surface area (Å²) in [7, 11) is 0. The highest BCUT2D eigenvalue weighted by Gasteiger charge is 2.48. The molecule has 0 aliphatic heterocycles. The van der Waals surface area contributed by atoms with Crippen LogP contribution in [0.4, 0.5) is 0 Å². The maximum absolute atomic E-state index is 12.3. The van der Waals surface area contributed by atoms with E-state index in [0.29, 0.717) is 18.7 Å². The molecule has 1 aliphatic rings. The van der Waals surface area contributed by atoms with Crippen molar-refractivity contribution < 1.29 is 14.7 Å². The van der Waals surface area contributed by atoms with Crippen molar-refractivity contribution in [3.05, 3.63) is 30.2 Å². The summed E-state index contributed by atoms with van der Waals surface area (Å²) in [6, 6.07) is 5.34. The molecule has 3 unspecified atom stereocenters. The predicted octanol–water partition coefficient (Wildman–Crippen LogP) is 1.36. The summed E-state index contributed by atoms with van der Waals surface area (Å²) in [4.78, 5) is 23.2. The number of rotatable bonds is 7. The minimum absolute atomic E-state index is 0.212. The number of nitrogens with zero attached hydrogens (tertiary/aromatic N) is 3. The van der Waals surface area contributed by atoms with Crippen molar-refractivity contribution in [2.24, 2.45) is 11.8 Å². The number of carbonyl (C=O) groups is 2. The number of aromatic nitrogens is 3. The second kappa shape index (κ2) is 6.57. The van der Waals surface area contributed by atoms with Gasteiger partial charge in [0.2, 0.25) is 5.91 Å². The molecular weight excluding hydrogens is 316 g/mol. The van der Waals surface area contributed by atoms with Crippen molar-refractivity contribution in [1.82, 2.24) is 19.9 Å². The van der Waals surface area contributed by atoms with Crippen LogP contribution < -0.4 is 5.32 Å². The largest absolute Gasteiger partial charge is 0.481 e. The Morgan fingerprint density at radius 2 is 2.26 bits per heavy atom. The van der Waals surface area contributed by atoms with E-state index in [2.05, 4.69) is 15.5 Å². The first-order chi connectivity index (χ1) is 11.1. The number of amides is 1. The third-order valence-corrected chi connectivity index (χ3v) is 4.67. The number of carboxylic acids is 1. The van der Waals surface area contributed by atoms with E-state index < -0.39 is 17.8 Å². The molecule has 23 heavy (non-hydrogen) atoms. The Kier molecular flexibility index (Phi) is 4.51. The maximum atomic E-state index is 12.3. The summed E-state index contributed by atoms with van der Waals surface area (Å²) < 4.78 is 1.85. The van der Waals surface area contributed by atoms with Crippen LogP contribution in [0.2, 0.25) is 0 Å². The standard InChI is InChI=1S/C15H18N4O3S/c1-23-7-5-11(16-14(20)9-8-10(9)15(21)22)13-18-17-12-4-2-3-6-19(12)13/h2-4,6,9-11H,5,7-8H2,1H3,(H,16,20)(H,21,22). The zero-order valence-electron chi connectivity index (χ0n) is 12.7. The van der Waals surface area contributed by atoms with Gasteiger partial charge in [0.25, 0.3) is 0 Å². The van der Waals surface area contributed by atoms with Crippen LogP contribution in [0.1, 0.15) is 24.7 Å². The highest BCUT2D eigenvalue weighted by atomic mass is 32.2. The average molecular weight is 334 g/mol. The summed E-state index contributed by atoms with van der Waals surface area (Å²) in [5.41, 5.74) is 0.723. The molecular formula is C15H18N4O3S. The molecule has 3 atom stereocenters. The molecule has 1 fully saturated rings. The van der Waals surface area contributed by atoms with E-state index >= 15 is 0 Å². The Hall–Kier alpha value is -2.09. The van der Waals surface area contributed by atoms with E-state index in [1.54, 1.807) is 11.8 Å². The molecule has 0 radical (unpaired) electrons. The Morgan fingerprint density at radius 3 is 2.96 bits per heavy atom. The SMILES string of the molecule is CSCCC(NC(=O)C1CC1C(=O)O)c1nnc2ccccn12. The van der Waals surface area contributed by atoms with Gasteiger partial charge < -0.3 is 10.4 Å². The maximum Gasteiger partial charge on any atom is 0.307 e. The summed E-state index contributed by atoms with van der Waals surface area (Å²) in [6.45, 7) is 0. The lowest BCUT2D eigenvalue weighted by atomic mass is 10.2. The fraction of sp³-hybridized carbons (Fsp3) is 0.467. The number of carboxylic acid groups (broad SMARTS) is 1. The molecule has 8 heteroatoms. The van der Waals surface area contributed by atoms with Crippen LogP contribution in [0.25, 0.3) is 5.65 Å². The van der Waals surface area contributed by atoms with Gasteiger partial charge in [0.15, 0.2) is 11.5 Å². The quantitative estimate of drug-likeness (QED) is 0.793. The molecule has 2 aromatic heterocycles. The molecule has 2 N–H and O–H groups in total. The van der Waals surface area contributed by atoms with E-state index in [9.17, 15) is 9.59 Å². The lowest BCUT2D eigenvalue weighted by Gasteiger charge is -2.17. The summed E-state index contributed by atoms with van der Waals surface area (Å²) in [5, 5.41) is 20.2. The third-order valence-electron chi connectivity index (χ3n) is 4.02. The number of fused-ring (bicyclic) bond motifs is 1. The average Bonchev–Trinajstić information content (AvgIpc) is 3.25. The Labute approximate surface area is 137 Å². The van der Waals surface area contributed by atoms with Crippen LogP contribution in [-0.2, 0) is 9.59 Å². The van der Waals surface area contributed by atoms with Gasteiger partial charge in [-0.05, 0) is 37.0 Å². The lowest BCUT2D eigenvalue weighted by Crippen LogP contribution is -2.32. The first-order valence-corrected chi connectivity index (χ1v) is 8.83.